The highest BCUT2D eigenvalue weighted by Crippen LogP contribution is 2.40. The van der Waals surface area contributed by atoms with Crippen LogP contribution in [-0.2, 0) is 0 Å². The molecular weight excluding hydrogens is 284 g/mol. The standard InChI is InChI=1S/C15H14N4O3/c16-8-3-1-4-9-11(8)14(20)18-6-2-5-10(18)13-12(15(21)22)17-7-19(9)13/h1,3-4,7,10H,2,5-6,16H2,(H,21,22)/t10-/m0/s1. The lowest BCUT2D eigenvalue weighted by molar-refractivity contribution is 0.0673. The maximum atomic E-state index is 12.9. The Bertz CT molecular complexity index is 811. The Hall–Kier alpha value is -2.83. The molecule has 0 unspecified atom stereocenters. The van der Waals surface area contributed by atoms with Gasteiger partial charge >= 0.3 is 5.97 Å². The number of nitrogen functional groups attached to an aromatic ring is 1. The average Bonchev–Trinajstić information content (AvgIpc) is 3.10. The maximum Gasteiger partial charge on any atom is 0.356 e. The van der Waals surface area contributed by atoms with Gasteiger partial charge in [0.2, 0.25) is 0 Å². The number of rotatable bonds is 1. The van der Waals surface area contributed by atoms with Crippen molar-refractivity contribution >= 4 is 17.6 Å². The van der Waals surface area contributed by atoms with Crippen LogP contribution in [0.2, 0.25) is 0 Å². The van der Waals surface area contributed by atoms with Gasteiger partial charge in [-0.15, -0.1) is 0 Å². The smallest absolute Gasteiger partial charge is 0.356 e. The summed E-state index contributed by atoms with van der Waals surface area (Å²) in [6, 6.07) is 4.93. The van der Waals surface area contributed by atoms with Crippen molar-refractivity contribution in [2.75, 3.05) is 12.3 Å². The number of imidazole rings is 1. The number of hydrogen-bond donors (Lipinski definition) is 2. The predicted molar refractivity (Wildman–Crippen MR) is 77.9 cm³/mol. The van der Waals surface area contributed by atoms with Crippen molar-refractivity contribution < 1.29 is 14.7 Å². The summed E-state index contributed by atoms with van der Waals surface area (Å²) in [7, 11) is 0. The number of nitrogens with two attached hydrogens (primary N) is 1. The molecular formula is C15H14N4O3. The Balaban J connectivity index is 2.08. The van der Waals surface area contributed by atoms with E-state index in [-0.39, 0.29) is 17.6 Å². The molecule has 2 aromatic rings. The first-order valence-corrected chi connectivity index (χ1v) is 7.10. The fraction of sp³-hybridized carbons (Fsp3) is 0.267. The number of fused-ring (bicyclic) bond motifs is 5. The lowest BCUT2D eigenvalue weighted by atomic mass is 10.1. The van der Waals surface area contributed by atoms with E-state index in [2.05, 4.69) is 4.98 Å². The first kappa shape index (κ1) is 12.9. The Morgan fingerprint density at radius 2 is 2.23 bits per heavy atom. The Labute approximate surface area is 126 Å². The molecule has 1 fully saturated rings. The Morgan fingerprint density at radius 3 is 3.00 bits per heavy atom. The molecule has 2 aliphatic heterocycles. The molecule has 0 bridgehead atoms. The van der Waals surface area contributed by atoms with Crippen molar-refractivity contribution in [3.8, 4) is 5.69 Å². The quantitative estimate of drug-likeness (QED) is 0.776. The van der Waals surface area contributed by atoms with Gasteiger partial charge in [-0.25, -0.2) is 9.78 Å². The second-order valence-electron chi connectivity index (χ2n) is 5.55. The zero-order valence-corrected chi connectivity index (χ0v) is 11.7. The molecule has 4 rings (SSSR count). The van der Waals surface area contributed by atoms with E-state index in [1.54, 1.807) is 27.7 Å². The van der Waals surface area contributed by atoms with Gasteiger partial charge in [-0.3, -0.25) is 9.36 Å². The minimum atomic E-state index is -1.08. The number of carboxylic acid groups (broad SMARTS) is 1. The number of benzene rings is 1. The van der Waals surface area contributed by atoms with Crippen molar-refractivity contribution in [3.63, 3.8) is 0 Å². The fourth-order valence-electron chi connectivity index (χ4n) is 3.46. The molecule has 2 aliphatic rings. The molecule has 0 spiro atoms. The van der Waals surface area contributed by atoms with Crippen LogP contribution in [0.15, 0.2) is 24.5 Å². The molecule has 7 nitrogen and oxygen atoms in total. The van der Waals surface area contributed by atoms with Crippen LogP contribution in [0.4, 0.5) is 5.69 Å². The number of nitrogens with zero attached hydrogens (tertiary/aromatic N) is 3. The first-order chi connectivity index (χ1) is 10.6. The van der Waals surface area contributed by atoms with Gasteiger partial charge in [0, 0.05) is 12.2 Å². The summed E-state index contributed by atoms with van der Waals surface area (Å²) in [6.07, 6.45) is 3.03. The number of carbonyl (C=O) groups excluding carboxylic acids is 1. The Morgan fingerprint density at radius 1 is 1.41 bits per heavy atom. The van der Waals surface area contributed by atoms with Crippen molar-refractivity contribution in [3.05, 3.63) is 41.5 Å². The van der Waals surface area contributed by atoms with Crippen LogP contribution in [0.5, 0.6) is 0 Å². The molecule has 1 atom stereocenters. The molecule has 0 aliphatic carbocycles. The van der Waals surface area contributed by atoms with Crippen LogP contribution in [-0.4, -0.2) is 38.0 Å². The SMILES string of the molecule is Nc1cccc2c1C(=O)N1CCC[C@H]1c1c(C(=O)O)ncn1-2. The summed E-state index contributed by atoms with van der Waals surface area (Å²) in [4.78, 5) is 30.1. The van der Waals surface area contributed by atoms with Gasteiger partial charge in [-0.2, -0.15) is 0 Å². The first-order valence-electron chi connectivity index (χ1n) is 7.10. The Kier molecular flexibility index (Phi) is 2.53. The minimum absolute atomic E-state index is 0.0000236. The third-order valence-electron chi connectivity index (χ3n) is 4.38. The number of carbonyl (C=O) groups is 2. The number of amides is 1. The van der Waals surface area contributed by atoms with Crippen LogP contribution in [0.25, 0.3) is 5.69 Å². The molecule has 1 saturated heterocycles. The predicted octanol–water partition coefficient (Wildman–Crippen LogP) is 1.44. The fourth-order valence-corrected chi connectivity index (χ4v) is 3.46. The van der Waals surface area contributed by atoms with E-state index in [1.807, 2.05) is 0 Å². The second-order valence-corrected chi connectivity index (χ2v) is 5.55. The molecule has 0 saturated carbocycles. The normalized spacial score (nSPS) is 19.4. The van der Waals surface area contributed by atoms with E-state index in [1.165, 1.54) is 6.33 Å². The molecule has 1 amide bonds. The number of aromatic nitrogens is 2. The van der Waals surface area contributed by atoms with Crippen LogP contribution < -0.4 is 5.73 Å². The third kappa shape index (κ3) is 1.53. The summed E-state index contributed by atoms with van der Waals surface area (Å²) in [5, 5.41) is 9.41. The zero-order valence-electron chi connectivity index (χ0n) is 11.7. The van der Waals surface area contributed by atoms with Crippen LogP contribution in [0, 0.1) is 0 Å². The van der Waals surface area contributed by atoms with Gasteiger partial charge in [-0.05, 0) is 25.0 Å². The van der Waals surface area contributed by atoms with Crippen molar-refractivity contribution in [2.45, 2.75) is 18.9 Å². The maximum absolute atomic E-state index is 12.9. The van der Waals surface area contributed by atoms with E-state index >= 15 is 0 Å². The topological polar surface area (TPSA) is 101 Å². The summed E-state index contributed by atoms with van der Waals surface area (Å²) in [5.74, 6) is -1.23. The molecule has 1 aromatic carbocycles. The highest BCUT2D eigenvalue weighted by atomic mass is 16.4. The average molecular weight is 298 g/mol. The largest absolute Gasteiger partial charge is 0.476 e. The highest BCUT2D eigenvalue weighted by Gasteiger charge is 2.40. The van der Waals surface area contributed by atoms with E-state index in [0.717, 1.165) is 12.8 Å². The molecule has 3 heterocycles. The summed E-state index contributed by atoms with van der Waals surface area (Å²) < 4.78 is 1.70. The lowest BCUT2D eigenvalue weighted by Gasteiger charge is -2.22. The third-order valence-corrected chi connectivity index (χ3v) is 4.38. The minimum Gasteiger partial charge on any atom is -0.476 e. The van der Waals surface area contributed by atoms with Crippen molar-refractivity contribution in [1.82, 2.24) is 14.5 Å². The molecule has 3 N–H and O–H groups in total. The van der Waals surface area contributed by atoms with E-state index in [9.17, 15) is 14.7 Å². The number of aromatic carboxylic acids is 1. The molecule has 22 heavy (non-hydrogen) atoms. The number of anilines is 1. The number of hydrogen-bond acceptors (Lipinski definition) is 4. The number of carboxylic acids is 1. The molecule has 112 valence electrons. The lowest BCUT2D eigenvalue weighted by Crippen LogP contribution is -2.30. The molecule has 7 heteroatoms. The zero-order chi connectivity index (χ0) is 15.4. The van der Waals surface area contributed by atoms with Crippen molar-refractivity contribution in [2.24, 2.45) is 0 Å². The van der Waals surface area contributed by atoms with E-state index < -0.39 is 5.97 Å². The van der Waals surface area contributed by atoms with Crippen LogP contribution in [0.1, 0.15) is 45.4 Å². The van der Waals surface area contributed by atoms with Crippen LogP contribution >= 0.6 is 0 Å². The van der Waals surface area contributed by atoms with Gasteiger partial charge in [0.25, 0.3) is 5.91 Å². The van der Waals surface area contributed by atoms with Gasteiger partial charge < -0.3 is 15.7 Å². The summed E-state index contributed by atoms with van der Waals surface area (Å²) >= 11 is 0. The summed E-state index contributed by atoms with van der Waals surface area (Å²) in [6.45, 7) is 0.599. The molecule has 1 aromatic heterocycles. The van der Waals surface area contributed by atoms with Crippen LogP contribution in [0.3, 0.4) is 0 Å². The van der Waals surface area contributed by atoms with E-state index in [4.69, 9.17) is 5.73 Å². The van der Waals surface area contributed by atoms with E-state index in [0.29, 0.717) is 29.2 Å². The van der Waals surface area contributed by atoms with Gasteiger partial charge in [-0.1, -0.05) is 6.07 Å². The molecule has 0 radical (unpaired) electrons. The van der Waals surface area contributed by atoms with Gasteiger partial charge in [0.1, 0.15) is 6.33 Å². The summed E-state index contributed by atoms with van der Waals surface area (Å²) in [5.41, 5.74) is 7.97. The monoisotopic (exact) mass is 298 g/mol. The second kappa shape index (κ2) is 4.33. The van der Waals surface area contributed by atoms with Gasteiger partial charge in [0.15, 0.2) is 5.69 Å². The van der Waals surface area contributed by atoms with Crippen molar-refractivity contribution in [1.29, 1.82) is 0 Å². The van der Waals surface area contributed by atoms with Gasteiger partial charge in [0.05, 0.1) is 23.0 Å². The highest BCUT2D eigenvalue weighted by molar-refractivity contribution is 6.04.